The predicted molar refractivity (Wildman–Crippen MR) is 273 cm³/mol. The van der Waals surface area contributed by atoms with E-state index in [2.05, 4.69) is 23.6 Å². The Kier molecular flexibility index (Phi) is 37.8. The maximum absolute atomic E-state index is 10.2. The molecule has 2 aromatic carbocycles. The number of phenolic OH excluding ortho intramolecular Hbond substituents is 2. The SMILES string of the molecule is CCCCCCCCCCCCCCCCCCN(CCN=Cc1ccccc1O)CCN(CCCCCCCCCCCCCCCCCC)CCN=Cc1ccccc1O. The van der Waals surface area contributed by atoms with Crippen molar-refractivity contribution in [3.63, 3.8) is 0 Å². The monoisotopic (exact) mass is 859 g/mol. The molecule has 0 fully saturated rings. The molecule has 0 saturated heterocycles. The van der Waals surface area contributed by atoms with Gasteiger partial charge in [-0.1, -0.05) is 231 Å². The minimum atomic E-state index is 0.288. The Hall–Kier alpha value is -2.70. The van der Waals surface area contributed by atoms with E-state index in [-0.39, 0.29) is 11.5 Å². The number of para-hydroxylation sites is 2. The number of unbranched alkanes of at least 4 members (excludes halogenated alkanes) is 30. The largest absolute Gasteiger partial charge is 0.507 e. The van der Waals surface area contributed by atoms with Crippen molar-refractivity contribution in [2.24, 2.45) is 9.98 Å². The summed E-state index contributed by atoms with van der Waals surface area (Å²) in [6, 6.07) is 14.9. The lowest BCUT2D eigenvalue weighted by Gasteiger charge is -2.27. The molecule has 62 heavy (non-hydrogen) atoms. The summed E-state index contributed by atoms with van der Waals surface area (Å²) in [4.78, 5) is 14.7. The van der Waals surface area contributed by atoms with Gasteiger partial charge < -0.3 is 20.0 Å². The van der Waals surface area contributed by atoms with Crippen molar-refractivity contribution in [2.45, 2.75) is 219 Å². The Morgan fingerprint density at radius 1 is 0.339 bits per heavy atom. The molecule has 0 heterocycles. The molecule has 0 unspecified atom stereocenters. The average molecular weight is 859 g/mol. The number of rotatable bonds is 45. The number of hydrogen-bond acceptors (Lipinski definition) is 6. The minimum Gasteiger partial charge on any atom is -0.507 e. The van der Waals surface area contributed by atoms with Crippen LogP contribution < -0.4 is 0 Å². The van der Waals surface area contributed by atoms with Crippen LogP contribution in [0.5, 0.6) is 11.5 Å². The molecule has 0 amide bonds. The number of aromatic hydroxyl groups is 2. The van der Waals surface area contributed by atoms with Crippen LogP contribution in [-0.2, 0) is 0 Å². The van der Waals surface area contributed by atoms with Crippen molar-refractivity contribution in [2.75, 3.05) is 52.4 Å². The Morgan fingerprint density at radius 2 is 0.597 bits per heavy atom. The maximum atomic E-state index is 10.2. The van der Waals surface area contributed by atoms with Gasteiger partial charge in [0.1, 0.15) is 11.5 Å². The fourth-order valence-corrected chi connectivity index (χ4v) is 8.64. The highest BCUT2D eigenvalue weighted by atomic mass is 16.3. The standard InChI is InChI=1S/C56H98N4O2/c1-3-5-7-9-11-13-15-17-19-21-23-25-27-29-31-37-45-59(47-43-57-51-53-39-33-35-41-55(53)61)49-50-60(48-44-58-52-54-40-34-36-42-56(54)62)46-38-32-30-28-26-24-22-20-18-16-14-12-10-8-6-4-2/h33-36,39-42,51-52,61-62H,3-32,37-38,43-50H2,1-2H3. The van der Waals surface area contributed by atoms with Crippen LogP contribution in [0.25, 0.3) is 0 Å². The van der Waals surface area contributed by atoms with Crippen LogP contribution in [-0.4, -0.2) is 84.8 Å². The molecule has 354 valence electrons. The summed E-state index contributed by atoms with van der Waals surface area (Å²) in [6.07, 6.45) is 48.2. The molecular weight excluding hydrogens is 761 g/mol. The molecule has 0 saturated carbocycles. The molecule has 0 radical (unpaired) electrons. The highest BCUT2D eigenvalue weighted by molar-refractivity contribution is 5.83. The van der Waals surface area contributed by atoms with E-state index in [0.29, 0.717) is 0 Å². The molecule has 2 N–H and O–H groups in total. The summed E-state index contributed by atoms with van der Waals surface area (Å²) in [5, 5.41) is 20.4. The Morgan fingerprint density at radius 3 is 0.871 bits per heavy atom. The van der Waals surface area contributed by atoms with Crippen molar-refractivity contribution < 1.29 is 10.2 Å². The Labute approximate surface area is 383 Å². The molecule has 2 aromatic rings. The normalized spacial score (nSPS) is 12.0. The molecule has 0 spiro atoms. The third-order valence-electron chi connectivity index (χ3n) is 12.8. The predicted octanol–water partition coefficient (Wildman–Crippen LogP) is 15.8. The van der Waals surface area contributed by atoms with E-state index in [1.54, 1.807) is 12.1 Å². The third kappa shape index (κ3) is 32.9. The third-order valence-corrected chi connectivity index (χ3v) is 12.8. The lowest BCUT2D eigenvalue weighted by Crippen LogP contribution is -2.38. The summed E-state index contributed by atoms with van der Waals surface area (Å²) in [6.45, 7) is 12.2. The molecule has 0 atom stereocenters. The van der Waals surface area contributed by atoms with Gasteiger partial charge in [-0.25, -0.2) is 0 Å². The van der Waals surface area contributed by atoms with Gasteiger partial charge in [0.25, 0.3) is 0 Å². The van der Waals surface area contributed by atoms with Crippen molar-refractivity contribution in [3.8, 4) is 11.5 Å². The summed E-state index contributed by atoms with van der Waals surface area (Å²) < 4.78 is 0. The van der Waals surface area contributed by atoms with Gasteiger partial charge in [0, 0.05) is 49.7 Å². The van der Waals surface area contributed by atoms with E-state index in [9.17, 15) is 10.2 Å². The van der Waals surface area contributed by atoms with Crippen molar-refractivity contribution in [1.29, 1.82) is 0 Å². The molecular formula is C56H98N4O2. The molecule has 6 nitrogen and oxygen atoms in total. The Balaban J connectivity index is 1.76. The second-order valence-corrected chi connectivity index (χ2v) is 18.5. The lowest BCUT2D eigenvalue weighted by molar-refractivity contribution is 0.204. The molecule has 2 rings (SSSR count). The van der Waals surface area contributed by atoms with Crippen LogP contribution in [0, 0.1) is 0 Å². The maximum Gasteiger partial charge on any atom is 0.124 e. The van der Waals surface area contributed by atoms with E-state index in [4.69, 9.17) is 9.98 Å². The van der Waals surface area contributed by atoms with Gasteiger partial charge in [-0.15, -0.1) is 0 Å². The molecule has 0 bridgehead atoms. The Bertz CT molecular complexity index is 1210. The van der Waals surface area contributed by atoms with Gasteiger partial charge in [0.05, 0.1) is 13.1 Å². The van der Waals surface area contributed by atoms with Crippen molar-refractivity contribution in [3.05, 3.63) is 59.7 Å². The lowest BCUT2D eigenvalue weighted by atomic mass is 10.0. The fraction of sp³-hybridized carbons (Fsp3) is 0.750. The van der Waals surface area contributed by atoms with Crippen LogP contribution in [0.3, 0.4) is 0 Å². The van der Waals surface area contributed by atoms with Crippen LogP contribution in [0.15, 0.2) is 58.5 Å². The second kappa shape index (κ2) is 42.3. The van der Waals surface area contributed by atoms with E-state index < -0.39 is 0 Å². The summed E-state index contributed by atoms with van der Waals surface area (Å²) in [5.41, 5.74) is 1.57. The number of nitrogens with zero attached hydrogens (tertiary/aromatic N) is 4. The van der Waals surface area contributed by atoms with Gasteiger partial charge in [-0.05, 0) is 50.2 Å². The van der Waals surface area contributed by atoms with Crippen LogP contribution >= 0.6 is 0 Å². The number of benzene rings is 2. The fourth-order valence-electron chi connectivity index (χ4n) is 8.64. The first-order valence-electron chi connectivity index (χ1n) is 26.6. The minimum absolute atomic E-state index is 0.288. The van der Waals surface area contributed by atoms with E-state index in [1.165, 1.54) is 205 Å². The smallest absolute Gasteiger partial charge is 0.124 e. The molecule has 6 heteroatoms. The zero-order chi connectivity index (χ0) is 44.2. The van der Waals surface area contributed by atoms with E-state index >= 15 is 0 Å². The van der Waals surface area contributed by atoms with Crippen LogP contribution in [0.1, 0.15) is 230 Å². The highest BCUT2D eigenvalue weighted by Crippen LogP contribution is 2.17. The van der Waals surface area contributed by atoms with Gasteiger partial charge in [0.2, 0.25) is 0 Å². The average Bonchev–Trinajstić information content (AvgIpc) is 3.28. The summed E-state index contributed by atoms with van der Waals surface area (Å²) in [7, 11) is 0. The van der Waals surface area contributed by atoms with E-state index in [1.807, 2.05) is 48.8 Å². The van der Waals surface area contributed by atoms with E-state index in [0.717, 1.165) is 63.5 Å². The van der Waals surface area contributed by atoms with Gasteiger partial charge >= 0.3 is 0 Å². The quantitative estimate of drug-likeness (QED) is 0.0514. The first-order chi connectivity index (χ1) is 30.6. The van der Waals surface area contributed by atoms with Gasteiger partial charge in [0.15, 0.2) is 0 Å². The number of aliphatic imine (C=N–C) groups is 2. The van der Waals surface area contributed by atoms with Crippen LogP contribution in [0.4, 0.5) is 0 Å². The first kappa shape index (κ1) is 55.4. The second-order valence-electron chi connectivity index (χ2n) is 18.5. The molecule has 0 aliphatic carbocycles. The van der Waals surface area contributed by atoms with Gasteiger partial charge in [-0.2, -0.15) is 0 Å². The summed E-state index contributed by atoms with van der Waals surface area (Å²) >= 11 is 0. The summed E-state index contributed by atoms with van der Waals surface area (Å²) in [5.74, 6) is 0.576. The number of hydrogen-bond donors (Lipinski definition) is 2. The molecule has 0 aromatic heterocycles. The number of phenols is 2. The first-order valence-corrected chi connectivity index (χ1v) is 26.6. The van der Waals surface area contributed by atoms with Gasteiger partial charge in [-0.3, -0.25) is 9.98 Å². The zero-order valence-corrected chi connectivity index (χ0v) is 40.7. The van der Waals surface area contributed by atoms with Crippen LogP contribution in [0.2, 0.25) is 0 Å². The zero-order valence-electron chi connectivity index (χ0n) is 40.7. The van der Waals surface area contributed by atoms with Crippen molar-refractivity contribution >= 4 is 12.4 Å². The van der Waals surface area contributed by atoms with Crippen molar-refractivity contribution in [1.82, 2.24) is 9.80 Å². The molecule has 0 aliphatic heterocycles. The molecule has 0 aliphatic rings. The topological polar surface area (TPSA) is 71.7 Å². The highest BCUT2D eigenvalue weighted by Gasteiger charge is 2.10.